The van der Waals surface area contributed by atoms with Crippen LogP contribution in [-0.4, -0.2) is 37.1 Å². The van der Waals surface area contributed by atoms with E-state index in [2.05, 4.69) is 20.1 Å². The van der Waals surface area contributed by atoms with Crippen molar-refractivity contribution in [1.29, 1.82) is 0 Å². The number of alkyl halides is 6. The Morgan fingerprint density at radius 2 is 1.60 bits per heavy atom. The Morgan fingerprint density at radius 3 is 2.21 bits per heavy atom. The molecule has 1 aliphatic heterocycles. The van der Waals surface area contributed by atoms with E-state index in [0.29, 0.717) is 22.4 Å². The predicted octanol–water partition coefficient (Wildman–Crippen LogP) is 7.10. The molecule has 0 aliphatic carbocycles. The molecule has 0 saturated carbocycles. The van der Waals surface area contributed by atoms with Crippen molar-refractivity contribution in [2.24, 2.45) is 10.3 Å². The van der Waals surface area contributed by atoms with Crippen molar-refractivity contribution < 1.29 is 39.5 Å². The van der Waals surface area contributed by atoms with Gasteiger partial charge in [0.1, 0.15) is 17.6 Å². The van der Waals surface area contributed by atoms with Crippen LogP contribution in [-0.2, 0) is 16.0 Å². The summed E-state index contributed by atoms with van der Waals surface area (Å²) in [7, 11) is -3.53. The third kappa shape index (κ3) is 6.10. The summed E-state index contributed by atoms with van der Waals surface area (Å²) in [5.41, 5.74) is 1.03. The van der Waals surface area contributed by atoms with E-state index in [1.165, 1.54) is 40.8 Å². The highest BCUT2D eigenvalue weighted by molar-refractivity contribution is 7.90. The molecule has 0 saturated heterocycles. The lowest BCUT2D eigenvalue weighted by Crippen LogP contribution is -2.22. The number of aromatic nitrogens is 2. The molecule has 5 rings (SSSR count). The van der Waals surface area contributed by atoms with Crippen LogP contribution >= 0.6 is 0 Å². The molecule has 220 valence electrons. The van der Waals surface area contributed by atoms with Crippen LogP contribution in [0.3, 0.4) is 0 Å². The second-order valence-electron chi connectivity index (χ2n) is 9.44. The van der Waals surface area contributed by atoms with Crippen LogP contribution in [0.25, 0.3) is 16.8 Å². The number of imidazole rings is 1. The van der Waals surface area contributed by atoms with Crippen LogP contribution in [0, 0.1) is 6.92 Å². The molecule has 1 unspecified atom stereocenters. The maximum absolute atomic E-state index is 13.5. The summed E-state index contributed by atoms with van der Waals surface area (Å²) in [5.74, 6) is -0.386. The molecule has 0 fully saturated rings. The van der Waals surface area contributed by atoms with Crippen LogP contribution in [0.2, 0.25) is 0 Å². The van der Waals surface area contributed by atoms with Crippen LogP contribution in [0.5, 0.6) is 5.75 Å². The zero-order valence-corrected chi connectivity index (χ0v) is 22.7. The fourth-order valence-corrected chi connectivity index (χ4v) is 5.19. The highest BCUT2D eigenvalue weighted by Crippen LogP contribution is 2.40. The maximum atomic E-state index is 13.5. The third-order valence-electron chi connectivity index (χ3n) is 6.46. The molecular weight excluding hydrogens is 588 g/mol. The summed E-state index contributed by atoms with van der Waals surface area (Å²) < 4.78 is 108. The number of hydrogen-bond acceptors (Lipinski definition) is 7. The van der Waals surface area contributed by atoms with Gasteiger partial charge in [0, 0.05) is 12.5 Å². The van der Waals surface area contributed by atoms with Gasteiger partial charge in [0.25, 0.3) is 0 Å². The van der Waals surface area contributed by atoms with Crippen LogP contribution in [0.1, 0.15) is 23.1 Å². The number of anilines is 1. The van der Waals surface area contributed by atoms with E-state index in [1.807, 2.05) is 0 Å². The molecule has 0 bridgehead atoms. The van der Waals surface area contributed by atoms with Crippen molar-refractivity contribution >= 4 is 15.5 Å². The van der Waals surface area contributed by atoms with Gasteiger partial charge >= 0.3 is 12.5 Å². The van der Waals surface area contributed by atoms with E-state index in [9.17, 15) is 34.8 Å². The lowest BCUT2D eigenvalue weighted by molar-refractivity contribution is -0.274. The van der Waals surface area contributed by atoms with Crippen molar-refractivity contribution in [3.05, 3.63) is 90.0 Å². The average Bonchev–Trinajstić information content (AvgIpc) is 3.54. The fraction of sp³-hybridized carbons (Fsp3) is 0.222. The van der Waals surface area contributed by atoms with E-state index in [4.69, 9.17) is 0 Å². The molecule has 42 heavy (non-hydrogen) atoms. The summed E-state index contributed by atoms with van der Waals surface area (Å²) in [6.07, 6.45) is -7.64. The molecular formula is C27H21F6N5O3S. The Kier molecular flexibility index (Phi) is 7.25. The number of hydrogen-bond donors (Lipinski definition) is 0. The van der Waals surface area contributed by atoms with E-state index in [1.54, 1.807) is 30.3 Å². The number of ether oxygens (including phenoxy) is 1. The van der Waals surface area contributed by atoms with Crippen molar-refractivity contribution in [3.8, 4) is 22.6 Å². The topological polar surface area (TPSA) is 89.2 Å². The molecule has 1 aromatic heterocycles. The zero-order valence-electron chi connectivity index (χ0n) is 21.8. The standard InChI is InChI=1S/C27H21F6N5O3S/c1-16-35-25(26(28,29)30)15-37(16)22-11-8-19(18-4-3-5-21(12-18)42(2,39)40)13-23(22)38-24(14-34-36-38)17-6-9-20(10-7-17)41-27(31,32)33/h3-13,15,24H,14H2,1-2H3. The van der Waals surface area contributed by atoms with Gasteiger partial charge in [-0.05, 0) is 60.0 Å². The van der Waals surface area contributed by atoms with E-state index in [0.717, 1.165) is 24.6 Å². The number of sulfone groups is 1. The van der Waals surface area contributed by atoms with Crippen molar-refractivity contribution in [2.75, 3.05) is 17.8 Å². The van der Waals surface area contributed by atoms with Gasteiger partial charge in [-0.25, -0.2) is 18.4 Å². The first-order chi connectivity index (χ1) is 19.6. The van der Waals surface area contributed by atoms with Gasteiger partial charge in [0.05, 0.1) is 22.8 Å². The minimum absolute atomic E-state index is 0.0386. The molecule has 1 atom stereocenters. The Bertz CT molecular complexity index is 1770. The van der Waals surface area contributed by atoms with E-state index >= 15 is 0 Å². The maximum Gasteiger partial charge on any atom is 0.573 e. The molecule has 3 aromatic carbocycles. The largest absolute Gasteiger partial charge is 0.573 e. The molecule has 8 nitrogen and oxygen atoms in total. The van der Waals surface area contributed by atoms with E-state index < -0.39 is 39.9 Å². The Balaban J connectivity index is 1.63. The van der Waals surface area contributed by atoms with Crippen LogP contribution in [0.15, 0.2) is 88.2 Å². The fourth-order valence-electron chi connectivity index (χ4n) is 4.53. The first kappa shape index (κ1) is 29.1. The van der Waals surface area contributed by atoms with Gasteiger partial charge in [-0.2, -0.15) is 18.3 Å². The molecule has 1 aliphatic rings. The SMILES string of the molecule is Cc1nc(C(F)(F)F)cn1-c1ccc(-c2cccc(S(C)(=O)=O)c2)cc1N1N=NCC1c1ccc(OC(F)(F)F)cc1. The summed E-state index contributed by atoms with van der Waals surface area (Å²) in [6, 6.07) is 15.4. The summed E-state index contributed by atoms with van der Waals surface area (Å²) in [5, 5.41) is 9.74. The second-order valence-corrected chi connectivity index (χ2v) is 11.5. The van der Waals surface area contributed by atoms with Crippen LogP contribution in [0.4, 0.5) is 32.0 Å². The predicted molar refractivity (Wildman–Crippen MR) is 140 cm³/mol. The number of benzene rings is 3. The van der Waals surface area contributed by atoms with Gasteiger partial charge < -0.3 is 9.30 Å². The van der Waals surface area contributed by atoms with Crippen molar-refractivity contribution in [1.82, 2.24) is 9.55 Å². The lowest BCUT2D eigenvalue weighted by atomic mass is 10.0. The molecule has 0 N–H and O–H groups in total. The highest BCUT2D eigenvalue weighted by Gasteiger charge is 2.36. The molecule has 0 radical (unpaired) electrons. The Labute approximate surface area is 235 Å². The van der Waals surface area contributed by atoms with Gasteiger partial charge in [0.15, 0.2) is 15.5 Å². The quantitative estimate of drug-likeness (QED) is 0.218. The minimum atomic E-state index is -4.87. The molecule has 0 amide bonds. The smallest absolute Gasteiger partial charge is 0.406 e. The van der Waals surface area contributed by atoms with Gasteiger partial charge in [-0.15, -0.1) is 13.2 Å². The number of halogens is 6. The van der Waals surface area contributed by atoms with Gasteiger partial charge in [0.2, 0.25) is 0 Å². The number of nitrogens with zero attached hydrogens (tertiary/aromatic N) is 5. The first-order valence-corrected chi connectivity index (χ1v) is 14.1. The molecule has 4 aromatic rings. The molecule has 0 spiro atoms. The Morgan fingerprint density at radius 1 is 0.905 bits per heavy atom. The average molecular weight is 610 g/mol. The summed E-state index contributed by atoms with van der Waals surface area (Å²) in [4.78, 5) is 3.73. The van der Waals surface area contributed by atoms with Crippen molar-refractivity contribution in [2.45, 2.75) is 30.4 Å². The molecule has 15 heteroatoms. The normalized spacial score (nSPS) is 15.8. The van der Waals surface area contributed by atoms with Crippen molar-refractivity contribution in [3.63, 3.8) is 0 Å². The number of rotatable bonds is 6. The van der Waals surface area contributed by atoms with Crippen LogP contribution < -0.4 is 9.75 Å². The highest BCUT2D eigenvalue weighted by atomic mass is 32.2. The first-order valence-electron chi connectivity index (χ1n) is 12.2. The monoisotopic (exact) mass is 609 g/mol. The van der Waals surface area contributed by atoms with Gasteiger partial charge in [-0.3, -0.25) is 0 Å². The Hall–Kier alpha value is -4.40. The lowest BCUT2D eigenvalue weighted by Gasteiger charge is -2.26. The number of aryl methyl sites for hydroxylation is 1. The zero-order chi connectivity index (χ0) is 30.4. The van der Waals surface area contributed by atoms with E-state index in [-0.39, 0.29) is 23.0 Å². The molecule has 2 heterocycles. The second kappa shape index (κ2) is 10.5. The summed E-state index contributed by atoms with van der Waals surface area (Å²) >= 11 is 0. The summed E-state index contributed by atoms with van der Waals surface area (Å²) in [6.45, 7) is 1.51. The third-order valence-corrected chi connectivity index (χ3v) is 7.57. The van der Waals surface area contributed by atoms with Gasteiger partial charge in [-0.1, -0.05) is 35.6 Å². The minimum Gasteiger partial charge on any atom is -0.406 e.